The van der Waals surface area contributed by atoms with Gasteiger partial charge in [0.2, 0.25) is 0 Å². The first kappa shape index (κ1) is 24.8. The number of fused-ring (bicyclic) bond motifs is 1. The zero-order valence-electron chi connectivity index (χ0n) is 19.7. The third-order valence-electron chi connectivity index (χ3n) is 4.84. The van der Waals surface area contributed by atoms with Crippen molar-refractivity contribution < 1.29 is 19.2 Å². The van der Waals surface area contributed by atoms with Crippen LogP contribution in [0.4, 0.5) is 16.2 Å². The van der Waals surface area contributed by atoms with Crippen molar-refractivity contribution in [2.24, 2.45) is 0 Å². The number of anilines is 1. The molecule has 0 spiro atoms. The first-order valence-electron chi connectivity index (χ1n) is 11.2. The summed E-state index contributed by atoms with van der Waals surface area (Å²) in [4.78, 5) is 27.1. The molecule has 9 heteroatoms. The van der Waals surface area contributed by atoms with Crippen molar-refractivity contribution in [1.29, 1.82) is 0 Å². The number of pyridine rings is 1. The van der Waals surface area contributed by atoms with E-state index in [1.807, 2.05) is 30.3 Å². The number of ether oxygens (including phenoxy) is 2. The molecule has 0 saturated carbocycles. The minimum atomic E-state index is -0.545. The molecule has 3 rings (SSSR count). The van der Waals surface area contributed by atoms with Crippen molar-refractivity contribution >= 4 is 28.4 Å². The fraction of sp³-hybridized carbons (Fsp3) is 0.360. The second-order valence-corrected chi connectivity index (χ2v) is 8.79. The number of nitrogens with one attached hydrogen (secondary N) is 2. The number of alkyl carbamates (subject to hydrolysis) is 1. The molecule has 0 bridgehead atoms. The Labute approximate surface area is 198 Å². The van der Waals surface area contributed by atoms with E-state index in [0.29, 0.717) is 54.9 Å². The Bertz CT molecular complexity index is 1130. The quantitative estimate of drug-likeness (QED) is 0.232. The Kier molecular flexibility index (Phi) is 8.24. The van der Waals surface area contributed by atoms with E-state index in [-0.39, 0.29) is 5.69 Å². The smallest absolute Gasteiger partial charge is 0.407 e. The topological polar surface area (TPSA) is 116 Å². The molecule has 0 radical (unpaired) electrons. The number of hydrogen-bond donors (Lipinski definition) is 2. The molecule has 0 saturated heterocycles. The van der Waals surface area contributed by atoms with Crippen molar-refractivity contribution in [3.63, 3.8) is 0 Å². The summed E-state index contributed by atoms with van der Waals surface area (Å²) in [5, 5.41) is 18.1. The summed E-state index contributed by atoms with van der Waals surface area (Å²) in [6.45, 7) is 6.75. The number of unbranched alkanes of at least 4 members (excludes halogenated alkanes) is 1. The summed E-state index contributed by atoms with van der Waals surface area (Å²) in [5.41, 5.74) is 1.42. The zero-order chi connectivity index (χ0) is 24.6. The van der Waals surface area contributed by atoms with E-state index in [4.69, 9.17) is 9.47 Å². The average molecular weight is 467 g/mol. The largest absolute Gasteiger partial charge is 0.489 e. The molecule has 0 atom stereocenters. The van der Waals surface area contributed by atoms with Gasteiger partial charge < -0.3 is 20.1 Å². The predicted molar refractivity (Wildman–Crippen MR) is 131 cm³/mol. The lowest BCUT2D eigenvalue weighted by molar-refractivity contribution is -0.384. The van der Waals surface area contributed by atoms with Gasteiger partial charge in [0, 0.05) is 18.5 Å². The van der Waals surface area contributed by atoms with Gasteiger partial charge in [-0.3, -0.25) is 10.1 Å². The van der Waals surface area contributed by atoms with Crippen LogP contribution < -0.4 is 15.4 Å². The highest BCUT2D eigenvalue weighted by atomic mass is 16.6. The number of carbonyl (C=O) groups excluding carboxylic acids is 1. The van der Waals surface area contributed by atoms with Crippen LogP contribution in [0.3, 0.4) is 0 Å². The SMILES string of the molecule is CC(C)(C)OC(=O)NCCCCNc1c([N+](=O)[O-])cnc2ccc(OCc3ccccc3)cc12. The standard InChI is InChI=1S/C25H30N4O5/c1-25(2,3)34-24(30)27-14-8-7-13-26-23-20-15-19(33-17-18-9-5-4-6-10-18)11-12-21(20)28-16-22(23)29(31)32/h4-6,9-12,15-16H,7-8,13-14,17H2,1-3H3,(H,26,28)(H,27,30). The summed E-state index contributed by atoms with van der Waals surface area (Å²) in [6, 6.07) is 15.1. The van der Waals surface area contributed by atoms with Gasteiger partial charge in [0.05, 0.1) is 10.4 Å². The first-order chi connectivity index (χ1) is 16.2. The lowest BCUT2D eigenvalue weighted by Gasteiger charge is -2.19. The van der Waals surface area contributed by atoms with Crippen LogP contribution in [-0.2, 0) is 11.3 Å². The van der Waals surface area contributed by atoms with E-state index in [0.717, 1.165) is 5.56 Å². The van der Waals surface area contributed by atoms with Gasteiger partial charge in [-0.25, -0.2) is 9.78 Å². The Morgan fingerprint density at radius 2 is 1.82 bits per heavy atom. The number of nitrogens with zero attached hydrogens (tertiary/aromatic N) is 2. The van der Waals surface area contributed by atoms with Crippen LogP contribution in [0.25, 0.3) is 10.9 Å². The molecule has 3 aromatic rings. The molecule has 34 heavy (non-hydrogen) atoms. The molecule has 0 fully saturated rings. The van der Waals surface area contributed by atoms with Crippen molar-refractivity contribution in [3.8, 4) is 5.75 Å². The maximum Gasteiger partial charge on any atom is 0.407 e. The van der Waals surface area contributed by atoms with E-state index < -0.39 is 16.6 Å². The summed E-state index contributed by atoms with van der Waals surface area (Å²) in [6.07, 6.45) is 2.19. The highest BCUT2D eigenvalue weighted by molar-refractivity contribution is 5.96. The molecule has 1 heterocycles. The van der Waals surface area contributed by atoms with Crippen molar-refractivity contribution in [2.45, 2.75) is 45.8 Å². The number of benzene rings is 2. The van der Waals surface area contributed by atoms with E-state index in [1.165, 1.54) is 6.20 Å². The summed E-state index contributed by atoms with van der Waals surface area (Å²) in [7, 11) is 0. The van der Waals surface area contributed by atoms with Crippen LogP contribution in [0.15, 0.2) is 54.7 Å². The third-order valence-corrected chi connectivity index (χ3v) is 4.84. The first-order valence-corrected chi connectivity index (χ1v) is 11.2. The highest BCUT2D eigenvalue weighted by Crippen LogP contribution is 2.34. The second kappa shape index (κ2) is 11.3. The van der Waals surface area contributed by atoms with Crippen LogP contribution in [0.1, 0.15) is 39.2 Å². The maximum absolute atomic E-state index is 11.7. The van der Waals surface area contributed by atoms with Gasteiger partial charge in [0.1, 0.15) is 29.8 Å². The fourth-order valence-corrected chi connectivity index (χ4v) is 3.28. The Balaban J connectivity index is 1.64. The van der Waals surface area contributed by atoms with Gasteiger partial charge in [0.25, 0.3) is 0 Å². The van der Waals surface area contributed by atoms with Crippen LogP contribution in [0.2, 0.25) is 0 Å². The number of nitro groups is 1. The van der Waals surface area contributed by atoms with Gasteiger partial charge >= 0.3 is 11.8 Å². The number of aromatic nitrogens is 1. The Morgan fingerprint density at radius 3 is 2.53 bits per heavy atom. The van der Waals surface area contributed by atoms with Gasteiger partial charge in [-0.15, -0.1) is 0 Å². The fourth-order valence-electron chi connectivity index (χ4n) is 3.28. The van der Waals surface area contributed by atoms with Crippen LogP contribution in [-0.4, -0.2) is 34.7 Å². The van der Waals surface area contributed by atoms with Crippen LogP contribution in [0.5, 0.6) is 5.75 Å². The Morgan fingerprint density at radius 1 is 1.09 bits per heavy atom. The molecular weight excluding hydrogens is 436 g/mol. The van der Waals surface area contributed by atoms with Crippen LogP contribution >= 0.6 is 0 Å². The zero-order valence-corrected chi connectivity index (χ0v) is 19.7. The van der Waals surface area contributed by atoms with Crippen molar-refractivity contribution in [1.82, 2.24) is 10.3 Å². The van der Waals surface area contributed by atoms with Gasteiger partial charge in [-0.2, -0.15) is 0 Å². The lowest BCUT2D eigenvalue weighted by Crippen LogP contribution is -2.33. The normalized spacial score (nSPS) is 11.1. The molecule has 1 amide bonds. The van der Waals surface area contributed by atoms with Crippen molar-refractivity contribution in [2.75, 3.05) is 18.4 Å². The van der Waals surface area contributed by atoms with Crippen LogP contribution in [0, 0.1) is 10.1 Å². The molecule has 0 aliphatic rings. The van der Waals surface area contributed by atoms with E-state index >= 15 is 0 Å². The number of carbonyl (C=O) groups is 1. The number of hydrogen-bond acceptors (Lipinski definition) is 7. The van der Waals surface area contributed by atoms with E-state index in [1.54, 1.807) is 39.0 Å². The molecule has 1 aromatic heterocycles. The Hall–Kier alpha value is -3.88. The molecule has 9 nitrogen and oxygen atoms in total. The monoisotopic (exact) mass is 466 g/mol. The molecule has 2 N–H and O–H groups in total. The minimum Gasteiger partial charge on any atom is -0.489 e. The van der Waals surface area contributed by atoms with Crippen molar-refractivity contribution in [3.05, 3.63) is 70.4 Å². The van der Waals surface area contributed by atoms with Gasteiger partial charge in [-0.05, 0) is 57.4 Å². The molecule has 180 valence electrons. The maximum atomic E-state index is 11.7. The summed E-state index contributed by atoms with van der Waals surface area (Å²) < 4.78 is 11.1. The van der Waals surface area contributed by atoms with Gasteiger partial charge in [0.15, 0.2) is 0 Å². The number of rotatable bonds is 10. The second-order valence-electron chi connectivity index (χ2n) is 8.79. The highest BCUT2D eigenvalue weighted by Gasteiger charge is 2.19. The van der Waals surface area contributed by atoms with E-state index in [2.05, 4.69) is 15.6 Å². The molecular formula is C25H30N4O5. The summed E-state index contributed by atoms with van der Waals surface area (Å²) >= 11 is 0. The number of amides is 1. The predicted octanol–water partition coefficient (Wildman–Crippen LogP) is 5.44. The summed E-state index contributed by atoms with van der Waals surface area (Å²) in [5.74, 6) is 0.600. The lowest BCUT2D eigenvalue weighted by atomic mass is 10.1. The molecule has 0 unspecified atom stereocenters. The van der Waals surface area contributed by atoms with E-state index in [9.17, 15) is 14.9 Å². The third kappa shape index (κ3) is 7.33. The minimum absolute atomic E-state index is 0.0976. The molecule has 0 aliphatic heterocycles. The average Bonchev–Trinajstić information content (AvgIpc) is 2.79. The molecule has 0 aliphatic carbocycles. The molecule has 2 aromatic carbocycles. The van der Waals surface area contributed by atoms with Gasteiger partial charge in [-0.1, -0.05) is 30.3 Å².